The lowest BCUT2D eigenvalue weighted by Gasteiger charge is -2.31. The van der Waals surface area contributed by atoms with Crippen molar-refractivity contribution in [2.75, 3.05) is 0 Å². The van der Waals surface area contributed by atoms with Crippen molar-refractivity contribution in [2.45, 2.75) is 32.7 Å². The van der Waals surface area contributed by atoms with Gasteiger partial charge in [0.2, 0.25) is 0 Å². The molecule has 2 aliphatic heterocycles. The molecule has 0 aliphatic carbocycles. The highest BCUT2D eigenvalue weighted by molar-refractivity contribution is 6.08. The van der Waals surface area contributed by atoms with Crippen LogP contribution in [0.4, 0.5) is 0 Å². The predicted molar refractivity (Wildman–Crippen MR) is 223 cm³/mol. The third-order valence-corrected chi connectivity index (χ3v) is 11.7. The van der Waals surface area contributed by atoms with Crippen molar-refractivity contribution in [1.82, 2.24) is 9.88 Å². The van der Waals surface area contributed by atoms with E-state index in [4.69, 9.17) is 9.73 Å². The molecule has 3 heterocycles. The largest absolute Gasteiger partial charge is 0.488 e. The Morgan fingerprint density at radius 3 is 1.85 bits per heavy atom. The summed E-state index contributed by atoms with van der Waals surface area (Å²) in [6, 6.07) is 61.1. The summed E-state index contributed by atoms with van der Waals surface area (Å²) in [7, 11) is 0. The Morgan fingerprint density at radius 1 is 0.556 bits per heavy atom. The molecule has 10 rings (SSSR count). The molecular formula is C50H41N3O. The Morgan fingerprint density at radius 2 is 1.17 bits per heavy atom. The molecule has 4 unspecified atom stereocenters. The van der Waals surface area contributed by atoms with E-state index in [0.717, 1.165) is 22.7 Å². The summed E-state index contributed by atoms with van der Waals surface area (Å²) in [6.07, 6.45) is -0.139. The molecule has 0 radical (unpaired) electrons. The molecule has 0 spiro atoms. The van der Waals surface area contributed by atoms with E-state index in [-0.39, 0.29) is 24.0 Å². The summed E-state index contributed by atoms with van der Waals surface area (Å²) in [5, 5.41) is 6.50. The van der Waals surface area contributed by atoms with Gasteiger partial charge in [-0.3, -0.25) is 0 Å². The molecule has 4 nitrogen and oxygen atoms in total. The zero-order valence-electron chi connectivity index (χ0n) is 30.5. The van der Waals surface area contributed by atoms with Gasteiger partial charge in [0.1, 0.15) is 24.4 Å². The zero-order chi connectivity index (χ0) is 36.2. The van der Waals surface area contributed by atoms with E-state index in [9.17, 15) is 0 Å². The van der Waals surface area contributed by atoms with Gasteiger partial charge in [-0.15, -0.1) is 0 Å². The quantitative estimate of drug-likeness (QED) is 0.194. The summed E-state index contributed by atoms with van der Waals surface area (Å²) in [5.74, 6) is 2.25. The maximum absolute atomic E-state index is 6.67. The Labute approximate surface area is 316 Å². The minimum absolute atomic E-state index is 0.0665. The smallest absolute Gasteiger partial charge is 0.131 e. The summed E-state index contributed by atoms with van der Waals surface area (Å²) < 4.78 is 9.15. The number of hydrogen-bond donors (Lipinski definition) is 1. The number of fused-ring (bicyclic) bond motifs is 6. The lowest BCUT2D eigenvalue weighted by Crippen LogP contribution is -2.33. The van der Waals surface area contributed by atoms with Crippen LogP contribution in [-0.4, -0.2) is 10.4 Å². The van der Waals surface area contributed by atoms with Crippen LogP contribution < -0.4 is 10.1 Å². The van der Waals surface area contributed by atoms with Crippen LogP contribution in [0.5, 0.6) is 5.75 Å². The molecule has 54 heavy (non-hydrogen) atoms. The van der Waals surface area contributed by atoms with Crippen LogP contribution >= 0.6 is 0 Å². The molecule has 8 aromatic rings. The van der Waals surface area contributed by atoms with Crippen molar-refractivity contribution < 1.29 is 4.74 Å². The molecule has 1 N–H and O–H groups in total. The second-order valence-electron chi connectivity index (χ2n) is 14.8. The van der Waals surface area contributed by atoms with Gasteiger partial charge < -0.3 is 14.6 Å². The van der Waals surface area contributed by atoms with Crippen molar-refractivity contribution in [3.05, 3.63) is 187 Å². The first kappa shape index (κ1) is 32.3. The fourth-order valence-corrected chi connectivity index (χ4v) is 8.80. The molecule has 0 saturated heterocycles. The van der Waals surface area contributed by atoms with Gasteiger partial charge in [0.05, 0.1) is 17.1 Å². The maximum Gasteiger partial charge on any atom is 0.131 e. The average Bonchev–Trinajstić information content (AvgIpc) is 3.51. The van der Waals surface area contributed by atoms with E-state index >= 15 is 0 Å². The van der Waals surface area contributed by atoms with E-state index < -0.39 is 0 Å². The van der Waals surface area contributed by atoms with Gasteiger partial charge in [0.15, 0.2) is 0 Å². The van der Waals surface area contributed by atoms with Crippen molar-refractivity contribution in [3.8, 4) is 39.1 Å². The van der Waals surface area contributed by atoms with Crippen LogP contribution in [0, 0.1) is 11.8 Å². The van der Waals surface area contributed by atoms with Gasteiger partial charge >= 0.3 is 0 Å². The highest BCUT2D eigenvalue weighted by Crippen LogP contribution is 2.47. The number of benzene rings is 7. The molecule has 2 aliphatic rings. The minimum Gasteiger partial charge on any atom is -0.488 e. The second kappa shape index (κ2) is 13.2. The van der Waals surface area contributed by atoms with Crippen molar-refractivity contribution in [2.24, 2.45) is 16.8 Å². The number of aromatic nitrogens is 1. The van der Waals surface area contributed by atoms with Gasteiger partial charge in [0.25, 0.3) is 0 Å². The van der Waals surface area contributed by atoms with Crippen molar-refractivity contribution >= 4 is 27.6 Å². The van der Waals surface area contributed by atoms with Crippen LogP contribution in [0.2, 0.25) is 0 Å². The van der Waals surface area contributed by atoms with Crippen molar-refractivity contribution in [3.63, 3.8) is 0 Å². The number of hydrogen-bond acceptors (Lipinski definition) is 3. The monoisotopic (exact) mass is 699 g/mol. The maximum atomic E-state index is 6.67. The van der Waals surface area contributed by atoms with E-state index in [1.807, 2.05) is 0 Å². The lowest BCUT2D eigenvalue weighted by molar-refractivity contribution is 0.247. The number of ether oxygens (including phenoxy) is 1. The van der Waals surface area contributed by atoms with Crippen LogP contribution in [0.15, 0.2) is 175 Å². The first-order chi connectivity index (χ1) is 26.6. The van der Waals surface area contributed by atoms with E-state index in [0.29, 0.717) is 6.61 Å². The zero-order valence-corrected chi connectivity index (χ0v) is 30.5. The number of rotatable bonds is 5. The third kappa shape index (κ3) is 5.40. The Kier molecular flexibility index (Phi) is 7.91. The first-order valence-corrected chi connectivity index (χ1v) is 19.0. The van der Waals surface area contributed by atoms with Crippen LogP contribution in [0.1, 0.15) is 42.7 Å². The molecule has 262 valence electrons. The summed E-state index contributed by atoms with van der Waals surface area (Å²) in [4.78, 5) is 5.71. The summed E-state index contributed by atoms with van der Waals surface area (Å²) in [6.45, 7) is 5.23. The van der Waals surface area contributed by atoms with Gasteiger partial charge in [-0.25, -0.2) is 4.99 Å². The number of amidine groups is 1. The van der Waals surface area contributed by atoms with E-state index in [1.54, 1.807) is 0 Å². The number of para-hydroxylation sites is 2. The molecule has 1 aromatic heterocycles. The van der Waals surface area contributed by atoms with Crippen molar-refractivity contribution in [1.29, 1.82) is 0 Å². The van der Waals surface area contributed by atoms with E-state index in [1.165, 1.54) is 60.8 Å². The van der Waals surface area contributed by atoms with E-state index in [2.05, 4.69) is 194 Å². The fourth-order valence-electron chi connectivity index (χ4n) is 8.80. The molecular weight excluding hydrogens is 659 g/mol. The number of nitrogens with zero attached hydrogens (tertiary/aromatic N) is 2. The molecule has 0 amide bonds. The van der Waals surface area contributed by atoms with Gasteiger partial charge in [-0.2, -0.15) is 0 Å². The summed E-state index contributed by atoms with van der Waals surface area (Å²) in [5.41, 5.74) is 13.0. The van der Waals surface area contributed by atoms with Gasteiger partial charge in [-0.05, 0) is 81.3 Å². The Bertz CT molecular complexity index is 2630. The standard InChI is InChI=1S/C50H41N3O/c1-32-33(2)50(53-44-24-14-12-22-40(44)41-23-13-15-25-45(41)53)52-49(51-48(32)36-20-10-5-11-21-36)37-26-27-42-46(30-37)54-31-39-28-38(34-16-6-3-7-17-34)29-43(47(39)42)35-18-8-4-9-19-35/h3-30,32-33,48,50H,31H2,1-2H3,(H,51,52). The second-order valence-corrected chi connectivity index (χ2v) is 14.8. The first-order valence-electron chi connectivity index (χ1n) is 19.0. The Hall–Kier alpha value is -6.39. The molecule has 0 fully saturated rings. The molecule has 4 heteroatoms. The average molecular weight is 700 g/mol. The topological polar surface area (TPSA) is 38.5 Å². The fraction of sp³-hybridized carbons (Fsp3) is 0.140. The Balaban J connectivity index is 1.14. The SMILES string of the molecule is CC1C(c2ccccc2)NC(c2ccc3c(c2)OCc2cc(-c4ccccc4)cc(-c4ccccc4)c2-3)=NC(n2c3ccccc3c3ccccc32)C1C. The number of aliphatic imine (C=N–C) groups is 1. The molecule has 0 bridgehead atoms. The van der Waals surface area contributed by atoms with Gasteiger partial charge in [0, 0.05) is 27.8 Å². The molecule has 7 aromatic carbocycles. The van der Waals surface area contributed by atoms with Crippen LogP contribution in [0.25, 0.3) is 55.2 Å². The lowest BCUT2D eigenvalue weighted by atomic mass is 9.83. The number of nitrogens with one attached hydrogen (secondary N) is 1. The normalized spacial score (nSPS) is 19.3. The molecule has 0 saturated carbocycles. The van der Waals surface area contributed by atoms with Crippen LogP contribution in [-0.2, 0) is 6.61 Å². The predicted octanol–water partition coefficient (Wildman–Crippen LogP) is 12.2. The summed E-state index contributed by atoms with van der Waals surface area (Å²) >= 11 is 0. The molecule has 4 atom stereocenters. The third-order valence-electron chi connectivity index (χ3n) is 11.7. The highest BCUT2D eigenvalue weighted by atomic mass is 16.5. The highest BCUT2D eigenvalue weighted by Gasteiger charge is 2.36. The van der Waals surface area contributed by atoms with Crippen LogP contribution in [0.3, 0.4) is 0 Å². The van der Waals surface area contributed by atoms with Gasteiger partial charge in [-0.1, -0.05) is 147 Å². The minimum atomic E-state index is -0.139.